The molecular weight excluding hydrogens is 361 g/mol. The number of halogens is 1. The number of primary amides is 1. The molecular formula is C21H18FN3O3. The number of aliphatic carboxylic acids is 1. The maximum absolute atomic E-state index is 14.8. The summed E-state index contributed by atoms with van der Waals surface area (Å²) in [5, 5.41) is 8.83. The van der Waals surface area contributed by atoms with Gasteiger partial charge in [0.15, 0.2) is 0 Å². The zero-order valence-corrected chi connectivity index (χ0v) is 15.4. The average Bonchev–Trinajstić information content (AvgIpc) is 2.62. The van der Waals surface area contributed by atoms with Crippen molar-refractivity contribution in [2.24, 2.45) is 5.73 Å². The third-order valence-electron chi connectivity index (χ3n) is 4.34. The summed E-state index contributed by atoms with van der Waals surface area (Å²) in [6.07, 6.45) is -0.0683. The maximum atomic E-state index is 14.8. The van der Waals surface area contributed by atoms with Gasteiger partial charge in [0.25, 0.3) is 5.91 Å². The fourth-order valence-corrected chi connectivity index (χ4v) is 3.00. The summed E-state index contributed by atoms with van der Waals surface area (Å²) >= 11 is 0. The topological polar surface area (TPSA) is 106 Å². The minimum Gasteiger partial charge on any atom is -0.481 e. The van der Waals surface area contributed by atoms with Crippen molar-refractivity contribution < 1.29 is 19.1 Å². The summed E-state index contributed by atoms with van der Waals surface area (Å²) in [6.45, 7) is 3.31. The Morgan fingerprint density at radius 2 is 1.64 bits per heavy atom. The van der Waals surface area contributed by atoms with Crippen LogP contribution in [0, 0.1) is 19.7 Å². The van der Waals surface area contributed by atoms with Crippen LogP contribution in [0.2, 0.25) is 0 Å². The molecule has 0 unspecified atom stereocenters. The van der Waals surface area contributed by atoms with Crippen LogP contribution >= 0.6 is 0 Å². The van der Waals surface area contributed by atoms with Crippen molar-refractivity contribution in [1.29, 1.82) is 0 Å². The van der Waals surface area contributed by atoms with Gasteiger partial charge in [0.1, 0.15) is 11.5 Å². The predicted molar refractivity (Wildman–Crippen MR) is 102 cm³/mol. The molecule has 0 fully saturated rings. The smallest absolute Gasteiger partial charge is 0.307 e. The van der Waals surface area contributed by atoms with E-state index in [1.165, 1.54) is 6.07 Å². The normalized spacial score (nSPS) is 10.7. The number of nitrogens with zero attached hydrogens (tertiary/aromatic N) is 2. The average molecular weight is 379 g/mol. The number of rotatable bonds is 5. The first kappa shape index (κ1) is 19.2. The highest BCUT2D eigenvalue weighted by molar-refractivity contribution is 5.92. The van der Waals surface area contributed by atoms with Gasteiger partial charge in [-0.05, 0) is 42.7 Å². The second-order valence-electron chi connectivity index (χ2n) is 6.42. The number of hydrogen-bond donors (Lipinski definition) is 2. The van der Waals surface area contributed by atoms with E-state index in [1.807, 2.05) is 0 Å². The van der Waals surface area contributed by atoms with Crippen molar-refractivity contribution in [3.63, 3.8) is 0 Å². The van der Waals surface area contributed by atoms with E-state index in [9.17, 15) is 14.0 Å². The number of nitrogens with two attached hydrogens (primary N) is 1. The molecule has 0 bridgehead atoms. The van der Waals surface area contributed by atoms with Crippen LogP contribution in [0.4, 0.5) is 4.39 Å². The minimum atomic E-state index is -0.909. The Morgan fingerprint density at radius 3 is 2.21 bits per heavy atom. The molecule has 1 aromatic heterocycles. The van der Waals surface area contributed by atoms with E-state index in [4.69, 9.17) is 10.8 Å². The Kier molecular flexibility index (Phi) is 5.17. The molecule has 0 saturated carbocycles. The van der Waals surface area contributed by atoms with Crippen LogP contribution in [0.25, 0.3) is 22.4 Å². The lowest BCUT2D eigenvalue weighted by molar-refractivity contribution is -0.136. The van der Waals surface area contributed by atoms with Crippen LogP contribution < -0.4 is 5.73 Å². The van der Waals surface area contributed by atoms with Crippen LogP contribution in [0.1, 0.15) is 27.4 Å². The molecule has 0 atom stereocenters. The molecule has 0 spiro atoms. The number of hydrogen-bond acceptors (Lipinski definition) is 4. The number of carboxylic acid groups (broad SMARTS) is 1. The molecule has 1 amide bonds. The molecule has 0 aliphatic carbocycles. The predicted octanol–water partition coefficient (Wildman–Crippen LogP) is 3.29. The molecule has 28 heavy (non-hydrogen) atoms. The third kappa shape index (κ3) is 3.88. The Hall–Kier alpha value is -3.61. The van der Waals surface area contributed by atoms with Crippen molar-refractivity contribution >= 4 is 11.9 Å². The number of carboxylic acids is 1. The SMILES string of the molecule is Cc1nc(C)c(-c2ccc(-c3ccc(CC(=O)O)cc3)cc2F)nc1C(N)=O. The van der Waals surface area contributed by atoms with E-state index in [2.05, 4.69) is 9.97 Å². The summed E-state index contributed by atoms with van der Waals surface area (Å²) < 4.78 is 14.8. The highest BCUT2D eigenvalue weighted by atomic mass is 19.1. The molecule has 7 heteroatoms. The number of benzene rings is 2. The van der Waals surface area contributed by atoms with Gasteiger partial charge in [0.2, 0.25) is 0 Å². The zero-order chi connectivity index (χ0) is 20.4. The standard InChI is InChI=1S/C21H18FN3O3/c1-11-19(25-20(21(23)28)12(2)24-11)16-8-7-15(10-17(16)22)14-5-3-13(4-6-14)9-18(26)27/h3-8,10H,9H2,1-2H3,(H2,23,28)(H,26,27). The molecule has 0 radical (unpaired) electrons. The minimum absolute atomic E-state index is 0.0121. The van der Waals surface area contributed by atoms with Crippen molar-refractivity contribution in [3.8, 4) is 22.4 Å². The van der Waals surface area contributed by atoms with Crippen molar-refractivity contribution in [2.75, 3.05) is 0 Å². The molecule has 142 valence electrons. The molecule has 0 aliphatic rings. The maximum Gasteiger partial charge on any atom is 0.307 e. The summed E-state index contributed by atoms with van der Waals surface area (Å²) in [4.78, 5) is 30.7. The van der Waals surface area contributed by atoms with Gasteiger partial charge in [0, 0.05) is 5.56 Å². The summed E-state index contributed by atoms with van der Waals surface area (Å²) in [5.74, 6) is -2.14. The Balaban J connectivity index is 1.98. The van der Waals surface area contributed by atoms with Crippen LogP contribution in [-0.2, 0) is 11.2 Å². The van der Waals surface area contributed by atoms with E-state index in [0.717, 1.165) is 5.56 Å². The zero-order valence-electron chi connectivity index (χ0n) is 15.4. The van der Waals surface area contributed by atoms with E-state index in [1.54, 1.807) is 50.2 Å². The van der Waals surface area contributed by atoms with Crippen molar-refractivity contribution in [2.45, 2.75) is 20.3 Å². The first-order chi connectivity index (χ1) is 13.3. The summed E-state index contributed by atoms with van der Waals surface area (Å²) in [6, 6.07) is 11.6. The van der Waals surface area contributed by atoms with Crippen molar-refractivity contribution in [1.82, 2.24) is 9.97 Å². The van der Waals surface area contributed by atoms with E-state index < -0.39 is 17.7 Å². The van der Waals surface area contributed by atoms with Gasteiger partial charge in [-0.2, -0.15) is 0 Å². The Labute approximate surface area is 160 Å². The van der Waals surface area contributed by atoms with Gasteiger partial charge in [-0.25, -0.2) is 9.37 Å². The van der Waals surface area contributed by atoms with E-state index >= 15 is 0 Å². The molecule has 6 nitrogen and oxygen atoms in total. The first-order valence-corrected chi connectivity index (χ1v) is 8.52. The molecule has 0 aliphatic heterocycles. The molecule has 3 aromatic rings. The quantitative estimate of drug-likeness (QED) is 0.707. The number of carbonyl (C=O) groups excluding carboxylic acids is 1. The van der Waals surface area contributed by atoms with Gasteiger partial charge in [-0.3, -0.25) is 14.6 Å². The van der Waals surface area contributed by atoms with Crippen LogP contribution in [0.5, 0.6) is 0 Å². The monoisotopic (exact) mass is 379 g/mol. The molecule has 1 heterocycles. The number of aryl methyl sites for hydroxylation is 2. The molecule has 0 saturated heterocycles. The van der Waals surface area contributed by atoms with E-state index in [-0.39, 0.29) is 23.4 Å². The highest BCUT2D eigenvalue weighted by Gasteiger charge is 2.17. The largest absolute Gasteiger partial charge is 0.481 e. The van der Waals surface area contributed by atoms with Crippen molar-refractivity contribution in [3.05, 3.63) is 70.9 Å². The second-order valence-corrected chi connectivity index (χ2v) is 6.42. The van der Waals surface area contributed by atoms with E-state index in [0.29, 0.717) is 22.5 Å². The molecule has 2 aromatic carbocycles. The van der Waals surface area contributed by atoms with Gasteiger partial charge in [-0.1, -0.05) is 30.3 Å². The lowest BCUT2D eigenvalue weighted by atomic mass is 9.99. The van der Waals surface area contributed by atoms with Crippen LogP contribution in [-0.4, -0.2) is 27.0 Å². The summed E-state index contributed by atoms with van der Waals surface area (Å²) in [5.41, 5.74) is 8.76. The van der Waals surface area contributed by atoms with Gasteiger partial charge in [0.05, 0.1) is 23.5 Å². The number of carbonyl (C=O) groups is 2. The van der Waals surface area contributed by atoms with Crippen LogP contribution in [0.3, 0.4) is 0 Å². The molecule has 3 rings (SSSR count). The van der Waals surface area contributed by atoms with Gasteiger partial charge in [-0.15, -0.1) is 0 Å². The van der Waals surface area contributed by atoms with Crippen LogP contribution in [0.15, 0.2) is 42.5 Å². The molecule has 3 N–H and O–H groups in total. The summed E-state index contributed by atoms with van der Waals surface area (Å²) in [7, 11) is 0. The lowest BCUT2D eigenvalue weighted by Gasteiger charge is -2.11. The third-order valence-corrected chi connectivity index (χ3v) is 4.34. The van der Waals surface area contributed by atoms with Gasteiger partial charge < -0.3 is 10.8 Å². The number of aromatic nitrogens is 2. The second kappa shape index (κ2) is 7.56. The fourth-order valence-electron chi connectivity index (χ4n) is 3.00. The van der Waals surface area contributed by atoms with Gasteiger partial charge >= 0.3 is 5.97 Å². The Bertz CT molecular complexity index is 1080. The number of amides is 1. The highest BCUT2D eigenvalue weighted by Crippen LogP contribution is 2.29. The Morgan fingerprint density at radius 1 is 1.00 bits per heavy atom. The lowest BCUT2D eigenvalue weighted by Crippen LogP contribution is -2.17. The first-order valence-electron chi connectivity index (χ1n) is 8.52. The fraction of sp³-hybridized carbons (Fsp3) is 0.143.